The summed E-state index contributed by atoms with van der Waals surface area (Å²) in [6, 6.07) is 10.6. The molecule has 0 aliphatic carbocycles. The summed E-state index contributed by atoms with van der Waals surface area (Å²) >= 11 is 0. The Balaban J connectivity index is 2.06. The minimum atomic E-state index is 0.0105. The van der Waals surface area contributed by atoms with Gasteiger partial charge in [0.05, 0.1) is 28.8 Å². The summed E-state index contributed by atoms with van der Waals surface area (Å²) in [5.41, 5.74) is 9.06. The number of aromatic nitrogens is 1. The Morgan fingerprint density at radius 1 is 1.13 bits per heavy atom. The van der Waals surface area contributed by atoms with E-state index in [0.29, 0.717) is 0 Å². The Bertz CT molecular complexity index is 1070. The van der Waals surface area contributed by atoms with Crippen molar-refractivity contribution in [2.75, 3.05) is 25.5 Å². The van der Waals surface area contributed by atoms with Crippen molar-refractivity contribution in [3.05, 3.63) is 72.3 Å². The second kappa shape index (κ2) is 7.65. The molecule has 0 spiro atoms. The molecule has 30 heavy (non-hydrogen) atoms. The highest BCUT2D eigenvalue weighted by Crippen LogP contribution is 2.50. The lowest BCUT2D eigenvalue weighted by Gasteiger charge is -2.38. The summed E-state index contributed by atoms with van der Waals surface area (Å²) in [6.07, 6.45) is 2.11. The highest BCUT2D eigenvalue weighted by molar-refractivity contribution is 5.92. The van der Waals surface area contributed by atoms with E-state index in [-0.39, 0.29) is 6.04 Å². The maximum absolute atomic E-state index is 4.86. The quantitative estimate of drug-likeness (QED) is 0.735. The van der Waals surface area contributed by atoms with Crippen LogP contribution in [0, 0.1) is 0 Å². The third-order valence-corrected chi connectivity index (χ3v) is 6.03. The van der Waals surface area contributed by atoms with E-state index in [0.717, 1.165) is 36.0 Å². The molecule has 1 N–H and O–H groups in total. The molecular weight excluding hydrogens is 370 g/mol. The Morgan fingerprint density at radius 2 is 1.83 bits per heavy atom. The molecule has 2 aromatic rings. The Kier molecular flexibility index (Phi) is 5.16. The molecule has 2 aliphatic rings. The zero-order valence-corrected chi connectivity index (χ0v) is 18.7. The van der Waals surface area contributed by atoms with Crippen molar-refractivity contribution in [1.82, 2.24) is 14.8 Å². The first-order valence-corrected chi connectivity index (χ1v) is 10.5. The predicted octanol–water partition coefficient (Wildman–Crippen LogP) is 5.01. The molecule has 2 aliphatic heterocycles. The van der Waals surface area contributed by atoms with Gasteiger partial charge in [-0.3, -0.25) is 4.99 Å². The summed E-state index contributed by atoms with van der Waals surface area (Å²) in [6.45, 7) is 16.7. The van der Waals surface area contributed by atoms with Crippen LogP contribution in [0.1, 0.15) is 38.1 Å². The van der Waals surface area contributed by atoms with E-state index < -0.39 is 0 Å². The predicted molar refractivity (Wildman–Crippen MR) is 127 cm³/mol. The normalized spacial score (nSPS) is 19.0. The van der Waals surface area contributed by atoms with Crippen LogP contribution in [0.3, 0.4) is 0 Å². The number of hydrogen-bond acceptors (Lipinski definition) is 4. The van der Waals surface area contributed by atoms with E-state index in [2.05, 4.69) is 83.2 Å². The molecule has 1 atom stereocenters. The number of allylic oxidation sites excluding steroid dienone is 1. The first-order valence-electron chi connectivity index (χ1n) is 10.5. The van der Waals surface area contributed by atoms with Crippen molar-refractivity contribution in [3.63, 3.8) is 0 Å². The zero-order chi connectivity index (χ0) is 21.6. The number of fused-ring (bicyclic) bond motifs is 3. The topological polar surface area (TPSA) is 35.8 Å². The monoisotopic (exact) mass is 401 g/mol. The standard InChI is InChI=1S/C25H31N5/c1-8-20(27-16(2)3)22-25-24-21(17(4)28(6)18(5)29(24)7)23(30(25)15-14-26-22)19-12-10-9-11-13-19/h8-13,22,26H,4-5,14-15H2,1-3,6-7H3/b20-8-. The van der Waals surface area contributed by atoms with Gasteiger partial charge >= 0.3 is 0 Å². The van der Waals surface area contributed by atoms with E-state index in [9.17, 15) is 0 Å². The van der Waals surface area contributed by atoms with Crippen LogP contribution in [0.4, 0.5) is 5.69 Å². The Morgan fingerprint density at radius 3 is 2.47 bits per heavy atom. The number of nitrogens with zero attached hydrogens (tertiary/aromatic N) is 4. The first kappa shape index (κ1) is 20.2. The van der Waals surface area contributed by atoms with Crippen molar-refractivity contribution in [2.45, 2.75) is 33.4 Å². The lowest BCUT2D eigenvalue weighted by Crippen LogP contribution is -2.37. The second-order valence-corrected chi connectivity index (χ2v) is 8.12. The highest BCUT2D eigenvalue weighted by Gasteiger charge is 2.39. The van der Waals surface area contributed by atoms with Crippen LogP contribution in [0.25, 0.3) is 17.0 Å². The summed E-state index contributed by atoms with van der Waals surface area (Å²) < 4.78 is 2.46. The van der Waals surface area contributed by atoms with E-state index in [1.165, 1.54) is 28.2 Å². The highest BCUT2D eigenvalue weighted by atomic mass is 15.4. The van der Waals surface area contributed by atoms with Crippen molar-refractivity contribution >= 4 is 17.1 Å². The van der Waals surface area contributed by atoms with Gasteiger partial charge in [0.2, 0.25) is 0 Å². The summed E-state index contributed by atoms with van der Waals surface area (Å²) in [7, 11) is 4.13. The van der Waals surface area contributed by atoms with E-state index >= 15 is 0 Å². The molecule has 0 fully saturated rings. The summed E-state index contributed by atoms with van der Waals surface area (Å²) in [5, 5.41) is 3.71. The largest absolute Gasteiger partial charge is 0.339 e. The molecule has 0 radical (unpaired) electrons. The number of benzene rings is 1. The number of hydrogen-bond donors (Lipinski definition) is 1. The van der Waals surface area contributed by atoms with Gasteiger partial charge in [0.1, 0.15) is 5.82 Å². The smallest absolute Gasteiger partial charge is 0.105 e. The second-order valence-electron chi connectivity index (χ2n) is 8.12. The van der Waals surface area contributed by atoms with Crippen molar-refractivity contribution in [1.29, 1.82) is 0 Å². The van der Waals surface area contributed by atoms with Gasteiger partial charge in [-0.2, -0.15) is 0 Å². The van der Waals surface area contributed by atoms with Gasteiger partial charge in [0, 0.05) is 44.2 Å². The van der Waals surface area contributed by atoms with Crippen LogP contribution in [0.5, 0.6) is 0 Å². The minimum absolute atomic E-state index is 0.0105. The summed E-state index contributed by atoms with van der Waals surface area (Å²) in [4.78, 5) is 9.13. The molecule has 1 unspecified atom stereocenters. The number of aliphatic imine (C=N–C) groups is 1. The molecule has 1 aromatic carbocycles. The van der Waals surface area contributed by atoms with E-state index in [1.807, 2.05) is 20.9 Å². The van der Waals surface area contributed by atoms with Crippen molar-refractivity contribution in [2.24, 2.45) is 4.99 Å². The number of anilines is 1. The molecule has 5 heteroatoms. The average Bonchev–Trinajstić information content (AvgIpc) is 3.10. The van der Waals surface area contributed by atoms with Crippen LogP contribution in [0.15, 0.2) is 66.1 Å². The Labute approximate surface area is 179 Å². The molecule has 1 aromatic heterocycles. The van der Waals surface area contributed by atoms with Crippen LogP contribution >= 0.6 is 0 Å². The molecule has 5 nitrogen and oxygen atoms in total. The molecule has 0 saturated heterocycles. The van der Waals surface area contributed by atoms with Crippen LogP contribution in [-0.2, 0) is 6.54 Å². The summed E-state index contributed by atoms with van der Waals surface area (Å²) in [5.74, 6) is 0.919. The van der Waals surface area contributed by atoms with Crippen molar-refractivity contribution in [3.8, 4) is 11.3 Å². The number of rotatable bonds is 3. The first-order chi connectivity index (χ1) is 14.4. The number of nitrogens with one attached hydrogen (secondary N) is 1. The third-order valence-electron chi connectivity index (χ3n) is 6.03. The van der Waals surface area contributed by atoms with Crippen LogP contribution < -0.4 is 10.2 Å². The van der Waals surface area contributed by atoms with E-state index in [1.54, 1.807) is 0 Å². The van der Waals surface area contributed by atoms with Gasteiger partial charge < -0.3 is 19.7 Å². The fourth-order valence-corrected chi connectivity index (χ4v) is 4.55. The molecular formula is C25H31N5. The van der Waals surface area contributed by atoms with Gasteiger partial charge in [0.15, 0.2) is 0 Å². The van der Waals surface area contributed by atoms with Gasteiger partial charge in [-0.15, -0.1) is 0 Å². The lowest BCUT2D eigenvalue weighted by atomic mass is 9.99. The van der Waals surface area contributed by atoms with Gasteiger partial charge in [0.25, 0.3) is 0 Å². The van der Waals surface area contributed by atoms with Crippen molar-refractivity contribution < 1.29 is 0 Å². The fraction of sp³-hybridized carbons (Fsp3) is 0.320. The van der Waals surface area contributed by atoms with Crippen LogP contribution in [-0.4, -0.2) is 35.8 Å². The molecule has 4 rings (SSSR count). The van der Waals surface area contributed by atoms with Gasteiger partial charge in [-0.05, 0) is 26.3 Å². The lowest BCUT2D eigenvalue weighted by molar-refractivity contribution is 0.462. The average molecular weight is 402 g/mol. The maximum Gasteiger partial charge on any atom is 0.105 e. The molecule has 3 heterocycles. The molecule has 156 valence electrons. The SMILES string of the molecule is C=C1c2c(c3n(c2-c2ccccc2)CCNC3/C(=C/C)N=C(C)C)N(C)C(=C)N1C. The molecule has 0 bridgehead atoms. The zero-order valence-electron chi connectivity index (χ0n) is 18.7. The molecule has 0 saturated carbocycles. The minimum Gasteiger partial charge on any atom is -0.339 e. The van der Waals surface area contributed by atoms with Gasteiger partial charge in [-0.1, -0.05) is 49.6 Å². The third kappa shape index (κ3) is 3.01. The maximum atomic E-state index is 4.86. The van der Waals surface area contributed by atoms with E-state index in [4.69, 9.17) is 4.99 Å². The van der Waals surface area contributed by atoms with Crippen LogP contribution in [0.2, 0.25) is 0 Å². The molecule has 0 amide bonds. The fourth-order valence-electron chi connectivity index (χ4n) is 4.55. The Hall–Kier alpha value is -3.05. The van der Waals surface area contributed by atoms with Gasteiger partial charge in [-0.25, -0.2) is 0 Å².